The molecular formula is C18H27NOS. The van der Waals surface area contributed by atoms with Crippen molar-refractivity contribution in [2.45, 2.75) is 68.5 Å². The second-order valence-corrected chi connectivity index (χ2v) is 7.66. The first kappa shape index (κ1) is 15.2. The molecule has 0 saturated heterocycles. The number of nitrogens with one attached hydrogen (secondary N) is 1. The molecule has 1 N–H and O–H groups in total. The largest absolute Gasteiger partial charge is 0.496 e. The van der Waals surface area contributed by atoms with Crippen LogP contribution in [0.4, 0.5) is 0 Å². The summed E-state index contributed by atoms with van der Waals surface area (Å²) in [6, 6.07) is 7.44. The van der Waals surface area contributed by atoms with Gasteiger partial charge in [0.25, 0.3) is 0 Å². The lowest BCUT2D eigenvalue weighted by Gasteiger charge is -2.21. The van der Waals surface area contributed by atoms with Gasteiger partial charge in [-0.3, -0.25) is 0 Å². The predicted octanol–water partition coefficient (Wildman–Crippen LogP) is 4.51. The maximum absolute atomic E-state index is 5.54. The first-order valence-corrected chi connectivity index (χ1v) is 9.41. The van der Waals surface area contributed by atoms with Gasteiger partial charge in [-0.1, -0.05) is 25.3 Å². The molecule has 0 heterocycles. The Labute approximate surface area is 133 Å². The zero-order chi connectivity index (χ0) is 14.5. The van der Waals surface area contributed by atoms with Crippen LogP contribution in [0.5, 0.6) is 5.75 Å². The fourth-order valence-corrected chi connectivity index (χ4v) is 4.35. The lowest BCUT2D eigenvalue weighted by molar-refractivity contribution is 0.411. The summed E-state index contributed by atoms with van der Waals surface area (Å²) in [6.07, 6.45) is 9.76. The smallest absolute Gasteiger partial charge is 0.122 e. The number of rotatable bonds is 7. The Kier molecular flexibility index (Phi) is 5.48. The fourth-order valence-electron chi connectivity index (χ4n) is 3.04. The molecule has 1 aromatic rings. The highest BCUT2D eigenvalue weighted by molar-refractivity contribution is 7.99. The predicted molar refractivity (Wildman–Crippen MR) is 91.0 cm³/mol. The van der Waals surface area contributed by atoms with Gasteiger partial charge in [-0.25, -0.2) is 0 Å². The van der Waals surface area contributed by atoms with E-state index in [0.29, 0.717) is 0 Å². The molecule has 21 heavy (non-hydrogen) atoms. The summed E-state index contributed by atoms with van der Waals surface area (Å²) in [6.45, 7) is 0.996. The third kappa shape index (κ3) is 4.65. The summed E-state index contributed by atoms with van der Waals surface area (Å²) in [7, 11) is 1.78. The maximum Gasteiger partial charge on any atom is 0.122 e. The highest BCUT2D eigenvalue weighted by Gasteiger charge is 2.20. The van der Waals surface area contributed by atoms with Crippen LogP contribution in [-0.2, 0) is 12.3 Å². The van der Waals surface area contributed by atoms with Crippen LogP contribution in [0, 0.1) is 0 Å². The van der Waals surface area contributed by atoms with Crippen LogP contribution in [0.1, 0.15) is 56.1 Å². The minimum Gasteiger partial charge on any atom is -0.496 e. The van der Waals surface area contributed by atoms with Crippen LogP contribution in [0.15, 0.2) is 18.2 Å². The van der Waals surface area contributed by atoms with E-state index in [2.05, 4.69) is 35.3 Å². The van der Waals surface area contributed by atoms with E-state index in [0.717, 1.165) is 29.3 Å². The van der Waals surface area contributed by atoms with Gasteiger partial charge >= 0.3 is 0 Å². The van der Waals surface area contributed by atoms with E-state index in [4.69, 9.17) is 4.74 Å². The highest BCUT2D eigenvalue weighted by Crippen LogP contribution is 2.33. The van der Waals surface area contributed by atoms with E-state index in [1.54, 1.807) is 7.11 Å². The van der Waals surface area contributed by atoms with Crippen molar-refractivity contribution < 1.29 is 4.74 Å². The van der Waals surface area contributed by atoms with Crippen molar-refractivity contribution in [1.82, 2.24) is 5.32 Å². The molecule has 2 nitrogen and oxygen atoms in total. The van der Waals surface area contributed by atoms with Gasteiger partial charge in [-0.15, -0.1) is 0 Å². The van der Waals surface area contributed by atoms with E-state index in [1.807, 2.05) is 0 Å². The third-order valence-electron chi connectivity index (χ3n) is 4.54. The molecule has 3 rings (SSSR count). The summed E-state index contributed by atoms with van der Waals surface area (Å²) in [5, 5.41) is 4.45. The van der Waals surface area contributed by atoms with Crippen LogP contribution in [-0.4, -0.2) is 18.4 Å². The molecular weight excluding hydrogens is 278 g/mol. The van der Waals surface area contributed by atoms with Crippen molar-refractivity contribution in [1.29, 1.82) is 0 Å². The van der Waals surface area contributed by atoms with Crippen molar-refractivity contribution in [2.24, 2.45) is 0 Å². The van der Waals surface area contributed by atoms with Gasteiger partial charge in [0.1, 0.15) is 5.75 Å². The van der Waals surface area contributed by atoms with Crippen molar-refractivity contribution in [2.75, 3.05) is 7.11 Å². The average Bonchev–Trinajstić information content (AvgIpc) is 3.36. The second kappa shape index (κ2) is 7.55. The molecule has 0 radical (unpaired) electrons. The molecule has 116 valence electrons. The monoisotopic (exact) mass is 305 g/mol. The Bertz CT molecular complexity index is 453. The van der Waals surface area contributed by atoms with E-state index in [9.17, 15) is 0 Å². The van der Waals surface area contributed by atoms with E-state index in [-0.39, 0.29) is 0 Å². The Hall–Kier alpha value is -0.670. The molecule has 2 fully saturated rings. The minimum atomic E-state index is 0.771. The van der Waals surface area contributed by atoms with Gasteiger partial charge in [0.05, 0.1) is 7.11 Å². The highest BCUT2D eigenvalue weighted by atomic mass is 32.2. The lowest BCUT2D eigenvalue weighted by Crippen LogP contribution is -2.15. The molecule has 0 atom stereocenters. The number of ether oxygens (including phenoxy) is 1. The van der Waals surface area contributed by atoms with Gasteiger partial charge in [0, 0.05) is 29.2 Å². The molecule has 0 spiro atoms. The average molecular weight is 305 g/mol. The first-order chi connectivity index (χ1) is 10.3. The Balaban J connectivity index is 1.58. The normalized spacial score (nSPS) is 19.7. The summed E-state index contributed by atoms with van der Waals surface area (Å²) in [5.41, 5.74) is 2.75. The number of thioether (sulfide) groups is 1. The molecule has 0 unspecified atom stereocenters. The molecule has 0 bridgehead atoms. The summed E-state index contributed by atoms with van der Waals surface area (Å²) < 4.78 is 5.54. The molecule has 0 aliphatic heterocycles. The van der Waals surface area contributed by atoms with Crippen molar-refractivity contribution in [3.63, 3.8) is 0 Å². The van der Waals surface area contributed by atoms with Crippen LogP contribution < -0.4 is 10.1 Å². The Morgan fingerprint density at radius 1 is 1.14 bits per heavy atom. The van der Waals surface area contributed by atoms with Crippen LogP contribution in [0.2, 0.25) is 0 Å². The minimum absolute atomic E-state index is 0.771. The molecule has 0 amide bonds. The standard InChI is InChI=1S/C18H27NOS/c1-20-18-10-7-14(12-19-16-8-9-16)11-15(18)13-21-17-5-3-2-4-6-17/h7,10-11,16-17,19H,2-6,8-9,12-13H2,1H3. The second-order valence-electron chi connectivity index (χ2n) is 6.37. The Morgan fingerprint density at radius 3 is 2.67 bits per heavy atom. The summed E-state index contributed by atoms with van der Waals surface area (Å²) in [4.78, 5) is 0. The maximum atomic E-state index is 5.54. The Morgan fingerprint density at radius 2 is 1.95 bits per heavy atom. The fraction of sp³-hybridized carbons (Fsp3) is 0.667. The van der Waals surface area contributed by atoms with E-state index < -0.39 is 0 Å². The van der Waals surface area contributed by atoms with Gasteiger partial charge < -0.3 is 10.1 Å². The van der Waals surface area contributed by atoms with E-state index in [1.165, 1.54) is 56.1 Å². The topological polar surface area (TPSA) is 21.3 Å². The number of hydrogen-bond acceptors (Lipinski definition) is 3. The molecule has 0 aromatic heterocycles. The van der Waals surface area contributed by atoms with Crippen molar-refractivity contribution in [3.8, 4) is 5.75 Å². The SMILES string of the molecule is COc1ccc(CNC2CC2)cc1CSC1CCCCC1. The summed E-state index contributed by atoms with van der Waals surface area (Å²) >= 11 is 2.13. The lowest BCUT2D eigenvalue weighted by atomic mass is 10.0. The number of methoxy groups -OCH3 is 1. The van der Waals surface area contributed by atoms with Crippen LogP contribution in [0.25, 0.3) is 0 Å². The molecule has 2 aliphatic rings. The quantitative estimate of drug-likeness (QED) is 0.800. The van der Waals surface area contributed by atoms with Crippen molar-refractivity contribution >= 4 is 11.8 Å². The van der Waals surface area contributed by atoms with Crippen molar-refractivity contribution in [3.05, 3.63) is 29.3 Å². The van der Waals surface area contributed by atoms with Gasteiger partial charge in [0.15, 0.2) is 0 Å². The van der Waals surface area contributed by atoms with Gasteiger partial charge in [-0.05, 0) is 43.4 Å². The zero-order valence-corrected chi connectivity index (χ0v) is 13.9. The third-order valence-corrected chi connectivity index (χ3v) is 5.96. The summed E-state index contributed by atoms with van der Waals surface area (Å²) in [5.74, 6) is 2.14. The molecule has 1 aromatic carbocycles. The molecule has 2 saturated carbocycles. The number of benzene rings is 1. The van der Waals surface area contributed by atoms with Crippen LogP contribution >= 0.6 is 11.8 Å². The molecule has 3 heteroatoms. The molecule has 2 aliphatic carbocycles. The zero-order valence-electron chi connectivity index (χ0n) is 13.1. The van der Waals surface area contributed by atoms with E-state index >= 15 is 0 Å². The van der Waals surface area contributed by atoms with Gasteiger partial charge in [0.2, 0.25) is 0 Å². The first-order valence-electron chi connectivity index (χ1n) is 8.36. The number of hydrogen-bond donors (Lipinski definition) is 1. The van der Waals surface area contributed by atoms with Crippen LogP contribution in [0.3, 0.4) is 0 Å². The van der Waals surface area contributed by atoms with Gasteiger partial charge in [-0.2, -0.15) is 11.8 Å².